The highest BCUT2D eigenvalue weighted by atomic mass is 35.5. The van der Waals surface area contributed by atoms with Crippen LogP contribution in [0.25, 0.3) is 0 Å². The molecule has 0 atom stereocenters. The van der Waals surface area contributed by atoms with Gasteiger partial charge in [-0.2, -0.15) is 0 Å². The van der Waals surface area contributed by atoms with Crippen molar-refractivity contribution < 1.29 is 28.7 Å². The first-order valence-corrected chi connectivity index (χ1v) is 12.5. The summed E-state index contributed by atoms with van der Waals surface area (Å²) in [6.45, 7) is 4.03. The van der Waals surface area contributed by atoms with Crippen LogP contribution in [0.5, 0.6) is 5.75 Å². The Hall–Kier alpha value is -4.63. The van der Waals surface area contributed by atoms with Crippen molar-refractivity contribution in [3.8, 4) is 5.75 Å². The summed E-state index contributed by atoms with van der Waals surface area (Å²) in [4.78, 5) is 52.2. The second-order valence-electron chi connectivity index (χ2n) is 8.69. The maximum atomic E-state index is 13.3. The van der Waals surface area contributed by atoms with Crippen molar-refractivity contribution in [3.63, 3.8) is 0 Å². The predicted molar refractivity (Wildman–Crippen MR) is 148 cm³/mol. The molecule has 1 aliphatic rings. The Morgan fingerprint density at radius 3 is 2.33 bits per heavy atom. The highest BCUT2D eigenvalue weighted by molar-refractivity contribution is 6.53. The third-order valence-electron chi connectivity index (χ3n) is 5.79. The summed E-state index contributed by atoms with van der Waals surface area (Å²) < 4.78 is 10.5. The predicted octanol–water partition coefficient (Wildman–Crippen LogP) is 5.26. The molecule has 0 radical (unpaired) electrons. The maximum Gasteiger partial charge on any atom is 0.338 e. The Morgan fingerprint density at radius 2 is 1.62 bits per heavy atom. The van der Waals surface area contributed by atoms with E-state index in [2.05, 4.69) is 10.6 Å². The maximum absolute atomic E-state index is 13.3. The van der Waals surface area contributed by atoms with Crippen LogP contribution >= 0.6 is 11.6 Å². The number of hydrogen-bond donors (Lipinski definition) is 2. The molecule has 3 aromatic carbocycles. The molecule has 0 aliphatic carbocycles. The molecule has 0 spiro atoms. The van der Waals surface area contributed by atoms with Crippen molar-refractivity contribution in [2.24, 2.45) is 0 Å². The van der Waals surface area contributed by atoms with Crippen LogP contribution in [-0.4, -0.2) is 37.4 Å². The average molecular weight is 548 g/mol. The van der Waals surface area contributed by atoms with Crippen LogP contribution < -0.4 is 20.3 Å². The van der Waals surface area contributed by atoms with Crippen LogP contribution in [0.3, 0.4) is 0 Å². The molecule has 9 nitrogen and oxygen atoms in total. The van der Waals surface area contributed by atoms with E-state index in [1.165, 1.54) is 19.2 Å². The van der Waals surface area contributed by atoms with Crippen molar-refractivity contribution in [3.05, 3.63) is 94.1 Å². The van der Waals surface area contributed by atoms with E-state index in [1.54, 1.807) is 54.6 Å². The number of rotatable bonds is 9. The molecular weight excluding hydrogens is 522 g/mol. The van der Waals surface area contributed by atoms with Gasteiger partial charge in [-0.1, -0.05) is 36.7 Å². The number of anilines is 3. The van der Waals surface area contributed by atoms with Crippen LogP contribution in [0.4, 0.5) is 17.1 Å². The van der Waals surface area contributed by atoms with E-state index < -0.39 is 23.7 Å². The summed E-state index contributed by atoms with van der Waals surface area (Å²) in [5, 5.41) is 5.34. The summed E-state index contributed by atoms with van der Waals surface area (Å²) in [6.07, 6.45) is 0.701. The first kappa shape index (κ1) is 27.4. The number of halogens is 1. The Balaban J connectivity index is 1.51. The number of ether oxygens (including phenoxy) is 2. The van der Waals surface area contributed by atoms with Crippen molar-refractivity contribution in [2.75, 3.05) is 29.3 Å². The smallest absolute Gasteiger partial charge is 0.338 e. The lowest BCUT2D eigenvalue weighted by molar-refractivity contribution is -0.120. The zero-order chi connectivity index (χ0) is 28.1. The molecule has 0 saturated heterocycles. The molecule has 4 rings (SSSR count). The highest BCUT2D eigenvalue weighted by Gasteiger charge is 2.40. The van der Waals surface area contributed by atoms with Gasteiger partial charge in [0.15, 0.2) is 0 Å². The van der Waals surface area contributed by atoms with Gasteiger partial charge in [-0.15, -0.1) is 0 Å². The summed E-state index contributed by atoms with van der Waals surface area (Å²) in [7, 11) is 1.44. The van der Waals surface area contributed by atoms with E-state index >= 15 is 0 Å². The van der Waals surface area contributed by atoms with Crippen LogP contribution in [0.1, 0.15) is 39.6 Å². The van der Waals surface area contributed by atoms with Gasteiger partial charge in [-0.3, -0.25) is 14.4 Å². The first-order chi connectivity index (χ1) is 18.7. The fraction of sp³-hybridized carbons (Fsp3) is 0.172. The molecule has 0 aromatic heterocycles. The molecule has 1 aliphatic heterocycles. The van der Waals surface area contributed by atoms with Gasteiger partial charge in [-0.25, -0.2) is 9.69 Å². The number of esters is 1. The number of imide groups is 1. The number of nitrogens with zero attached hydrogens (tertiary/aromatic N) is 1. The number of hydrogen-bond acceptors (Lipinski definition) is 7. The Morgan fingerprint density at radius 1 is 0.923 bits per heavy atom. The first-order valence-electron chi connectivity index (χ1n) is 12.1. The third kappa shape index (κ3) is 5.94. The Kier molecular flexibility index (Phi) is 8.31. The molecule has 39 heavy (non-hydrogen) atoms. The monoisotopic (exact) mass is 547 g/mol. The number of benzene rings is 3. The largest absolute Gasteiger partial charge is 0.495 e. The van der Waals surface area contributed by atoms with Gasteiger partial charge < -0.3 is 20.1 Å². The zero-order valence-electron chi connectivity index (χ0n) is 21.5. The minimum Gasteiger partial charge on any atom is -0.495 e. The lowest BCUT2D eigenvalue weighted by atomic mass is 10.1. The Labute approximate surface area is 230 Å². The van der Waals surface area contributed by atoms with Gasteiger partial charge >= 0.3 is 5.97 Å². The molecule has 3 amide bonds. The minimum absolute atomic E-state index is 0.124. The van der Waals surface area contributed by atoms with Gasteiger partial charge in [-0.05, 0) is 67.4 Å². The van der Waals surface area contributed by atoms with Gasteiger partial charge in [0.1, 0.15) is 16.5 Å². The normalized spacial score (nSPS) is 13.0. The molecule has 0 fully saturated rings. The average Bonchev–Trinajstić information content (AvgIpc) is 3.14. The van der Waals surface area contributed by atoms with Crippen molar-refractivity contribution in [1.82, 2.24) is 0 Å². The lowest BCUT2D eigenvalue weighted by Gasteiger charge is -2.18. The second kappa shape index (κ2) is 11.8. The summed E-state index contributed by atoms with van der Waals surface area (Å²) in [6, 6.07) is 17.9. The van der Waals surface area contributed by atoms with Gasteiger partial charge in [0.25, 0.3) is 17.7 Å². The van der Waals surface area contributed by atoms with Gasteiger partial charge in [0.2, 0.25) is 0 Å². The van der Waals surface area contributed by atoms with Crippen LogP contribution in [-0.2, 0) is 14.3 Å². The number of amides is 3. The zero-order valence-corrected chi connectivity index (χ0v) is 22.3. The number of aryl methyl sites for hydroxylation is 1. The van der Waals surface area contributed by atoms with E-state index in [9.17, 15) is 19.2 Å². The standard InChI is InChI=1S/C29H26ClN3O6/c1-4-13-39-29(37)19-8-6-10-21(16-19)32-26(34)18-7-5-9-20(15-18)31-25-24(30)27(35)33(28(25)36)22-14-17(2)11-12-23(22)38-3/h5-12,14-16,31H,4,13H2,1-3H3,(H,32,34). The summed E-state index contributed by atoms with van der Waals surface area (Å²) in [5.74, 6) is -1.93. The molecule has 2 N–H and O–H groups in total. The molecule has 0 saturated carbocycles. The number of nitrogens with one attached hydrogen (secondary N) is 2. The van der Waals surface area contributed by atoms with Crippen LogP contribution in [0, 0.1) is 6.92 Å². The van der Waals surface area contributed by atoms with Crippen LogP contribution in [0.15, 0.2) is 77.5 Å². The lowest BCUT2D eigenvalue weighted by Crippen LogP contribution is -2.32. The van der Waals surface area contributed by atoms with E-state index in [4.69, 9.17) is 21.1 Å². The molecule has 10 heteroatoms. The molecule has 0 bridgehead atoms. The molecule has 3 aromatic rings. The topological polar surface area (TPSA) is 114 Å². The second-order valence-corrected chi connectivity index (χ2v) is 9.06. The number of carbonyl (C=O) groups is 4. The fourth-order valence-electron chi connectivity index (χ4n) is 3.89. The SMILES string of the molecule is CCCOC(=O)c1cccc(NC(=O)c2cccc(NC3=C(Cl)C(=O)N(c4cc(C)ccc4OC)C3=O)c2)c1. The Bertz CT molecular complexity index is 1500. The van der Waals surface area contributed by atoms with E-state index in [0.717, 1.165) is 10.5 Å². The third-order valence-corrected chi connectivity index (χ3v) is 6.14. The highest BCUT2D eigenvalue weighted by Crippen LogP contribution is 2.36. The number of methoxy groups -OCH3 is 1. The molecular formula is C29H26ClN3O6. The van der Waals surface area contributed by atoms with Crippen molar-refractivity contribution in [2.45, 2.75) is 20.3 Å². The van der Waals surface area contributed by atoms with Gasteiger partial charge in [0.05, 0.1) is 25.0 Å². The molecule has 200 valence electrons. The quantitative estimate of drug-likeness (QED) is 0.277. The molecule has 0 unspecified atom stereocenters. The van der Waals surface area contributed by atoms with E-state index in [0.29, 0.717) is 35.7 Å². The summed E-state index contributed by atoms with van der Waals surface area (Å²) >= 11 is 6.28. The minimum atomic E-state index is -0.695. The fourth-order valence-corrected chi connectivity index (χ4v) is 4.11. The van der Waals surface area contributed by atoms with Crippen molar-refractivity contribution >= 4 is 52.4 Å². The van der Waals surface area contributed by atoms with Gasteiger partial charge in [0, 0.05) is 16.9 Å². The molecule has 1 heterocycles. The van der Waals surface area contributed by atoms with E-state index in [1.807, 2.05) is 13.8 Å². The summed E-state index contributed by atoms with van der Waals surface area (Å²) in [5.41, 5.74) is 2.34. The van der Waals surface area contributed by atoms with Crippen molar-refractivity contribution in [1.29, 1.82) is 0 Å². The van der Waals surface area contributed by atoms with Crippen LogP contribution in [0.2, 0.25) is 0 Å². The van der Waals surface area contributed by atoms with E-state index in [-0.39, 0.29) is 22.0 Å². The number of carbonyl (C=O) groups excluding carboxylic acids is 4.